The molecule has 8 heteroatoms. The SMILES string of the molecule is O=C(Nc1sc2c(c1C(=O)N(CCO)CCO)CCCC2)c1ccco1. The van der Waals surface area contributed by atoms with Crippen LogP contribution in [0.5, 0.6) is 0 Å². The third kappa shape index (κ3) is 3.82. The molecule has 0 bridgehead atoms. The number of thiophene rings is 1. The summed E-state index contributed by atoms with van der Waals surface area (Å²) in [6.07, 6.45) is 5.15. The van der Waals surface area contributed by atoms with Crippen LogP contribution in [0.1, 0.15) is 44.2 Å². The van der Waals surface area contributed by atoms with Crippen LogP contribution in [0.15, 0.2) is 22.8 Å². The number of carbonyl (C=O) groups is 2. The van der Waals surface area contributed by atoms with E-state index in [0.29, 0.717) is 10.6 Å². The molecule has 2 amide bonds. The molecular weight excluding hydrogens is 356 g/mol. The van der Waals surface area contributed by atoms with Crippen LogP contribution in [0.25, 0.3) is 0 Å². The van der Waals surface area contributed by atoms with E-state index in [1.165, 1.54) is 22.5 Å². The summed E-state index contributed by atoms with van der Waals surface area (Å²) in [5, 5.41) is 21.8. The molecule has 0 aliphatic heterocycles. The number of fused-ring (bicyclic) bond motifs is 1. The molecule has 0 fully saturated rings. The van der Waals surface area contributed by atoms with E-state index in [0.717, 1.165) is 36.1 Å². The van der Waals surface area contributed by atoms with Gasteiger partial charge in [-0.2, -0.15) is 0 Å². The number of carbonyl (C=O) groups excluding carboxylic acids is 2. The van der Waals surface area contributed by atoms with Crippen LogP contribution in [-0.2, 0) is 12.8 Å². The second-order valence-electron chi connectivity index (χ2n) is 6.09. The number of nitrogens with one attached hydrogen (secondary N) is 1. The monoisotopic (exact) mass is 378 g/mol. The molecular formula is C18H22N2O5S. The first-order valence-corrected chi connectivity index (χ1v) is 9.47. The van der Waals surface area contributed by atoms with E-state index in [-0.39, 0.29) is 38.0 Å². The molecule has 0 unspecified atom stereocenters. The van der Waals surface area contributed by atoms with Gasteiger partial charge in [-0.15, -0.1) is 11.3 Å². The van der Waals surface area contributed by atoms with Gasteiger partial charge in [0.25, 0.3) is 11.8 Å². The van der Waals surface area contributed by atoms with Crippen molar-refractivity contribution in [3.05, 3.63) is 40.2 Å². The Hall–Kier alpha value is -2.16. The average Bonchev–Trinajstić information content (AvgIpc) is 3.28. The van der Waals surface area contributed by atoms with Crippen LogP contribution in [0.2, 0.25) is 0 Å². The van der Waals surface area contributed by atoms with E-state index in [4.69, 9.17) is 4.42 Å². The van der Waals surface area contributed by atoms with Crippen LogP contribution in [0, 0.1) is 0 Å². The predicted octanol–water partition coefficient (Wildman–Crippen LogP) is 1.90. The van der Waals surface area contributed by atoms with Crippen LogP contribution >= 0.6 is 11.3 Å². The van der Waals surface area contributed by atoms with Gasteiger partial charge in [-0.05, 0) is 43.4 Å². The Labute approximate surface area is 155 Å². The summed E-state index contributed by atoms with van der Waals surface area (Å²) in [7, 11) is 0. The van der Waals surface area contributed by atoms with Crippen molar-refractivity contribution in [2.75, 3.05) is 31.6 Å². The average molecular weight is 378 g/mol. The highest BCUT2D eigenvalue weighted by molar-refractivity contribution is 7.17. The highest BCUT2D eigenvalue weighted by Gasteiger charge is 2.29. The fourth-order valence-electron chi connectivity index (χ4n) is 3.17. The molecule has 0 radical (unpaired) electrons. The topological polar surface area (TPSA) is 103 Å². The van der Waals surface area contributed by atoms with Gasteiger partial charge < -0.3 is 24.8 Å². The Balaban J connectivity index is 1.95. The van der Waals surface area contributed by atoms with Gasteiger partial charge >= 0.3 is 0 Å². The van der Waals surface area contributed by atoms with E-state index in [9.17, 15) is 19.8 Å². The summed E-state index contributed by atoms with van der Waals surface area (Å²) in [6.45, 7) is -0.108. The zero-order valence-corrected chi connectivity index (χ0v) is 15.2. The smallest absolute Gasteiger partial charge is 0.291 e. The third-order valence-electron chi connectivity index (χ3n) is 4.38. The minimum Gasteiger partial charge on any atom is -0.459 e. The molecule has 3 N–H and O–H groups in total. The van der Waals surface area contributed by atoms with Crippen molar-refractivity contribution < 1.29 is 24.2 Å². The van der Waals surface area contributed by atoms with Crippen molar-refractivity contribution in [1.82, 2.24) is 4.90 Å². The van der Waals surface area contributed by atoms with Gasteiger partial charge in [-0.25, -0.2) is 0 Å². The number of aryl methyl sites for hydroxylation is 1. The summed E-state index contributed by atoms with van der Waals surface area (Å²) in [5.41, 5.74) is 1.45. The Morgan fingerprint density at radius 1 is 1.19 bits per heavy atom. The fraction of sp³-hybridized carbons (Fsp3) is 0.444. The first-order valence-electron chi connectivity index (χ1n) is 8.66. The van der Waals surface area contributed by atoms with E-state index in [2.05, 4.69) is 5.32 Å². The number of furan rings is 1. The number of hydrogen-bond donors (Lipinski definition) is 3. The Morgan fingerprint density at radius 3 is 2.58 bits per heavy atom. The van der Waals surface area contributed by atoms with E-state index < -0.39 is 5.91 Å². The van der Waals surface area contributed by atoms with Crippen molar-refractivity contribution in [3.8, 4) is 0 Å². The van der Waals surface area contributed by atoms with Gasteiger partial charge in [0.1, 0.15) is 5.00 Å². The molecule has 1 aliphatic carbocycles. The van der Waals surface area contributed by atoms with Crippen LogP contribution in [0.4, 0.5) is 5.00 Å². The van der Waals surface area contributed by atoms with E-state index >= 15 is 0 Å². The largest absolute Gasteiger partial charge is 0.459 e. The van der Waals surface area contributed by atoms with Gasteiger partial charge in [0.2, 0.25) is 0 Å². The molecule has 7 nitrogen and oxygen atoms in total. The minimum atomic E-state index is -0.404. The van der Waals surface area contributed by atoms with Crippen molar-refractivity contribution in [1.29, 1.82) is 0 Å². The molecule has 2 aromatic rings. The minimum absolute atomic E-state index is 0.135. The van der Waals surface area contributed by atoms with Crippen molar-refractivity contribution in [3.63, 3.8) is 0 Å². The highest BCUT2D eigenvalue weighted by Crippen LogP contribution is 2.39. The number of nitrogens with zero attached hydrogens (tertiary/aromatic N) is 1. The van der Waals surface area contributed by atoms with Gasteiger partial charge in [0.15, 0.2) is 5.76 Å². The number of anilines is 1. The summed E-state index contributed by atoms with van der Waals surface area (Å²) < 4.78 is 5.13. The lowest BCUT2D eigenvalue weighted by molar-refractivity contribution is 0.0685. The zero-order valence-electron chi connectivity index (χ0n) is 14.4. The lowest BCUT2D eigenvalue weighted by Gasteiger charge is -2.22. The maximum atomic E-state index is 13.1. The maximum Gasteiger partial charge on any atom is 0.291 e. The maximum absolute atomic E-state index is 13.1. The van der Waals surface area contributed by atoms with Crippen LogP contribution in [0.3, 0.4) is 0 Å². The molecule has 26 heavy (non-hydrogen) atoms. The molecule has 3 rings (SSSR count). The first kappa shape index (κ1) is 18.6. The molecule has 0 aromatic carbocycles. The van der Waals surface area contributed by atoms with Crippen molar-refractivity contribution in [2.45, 2.75) is 25.7 Å². The second-order valence-corrected chi connectivity index (χ2v) is 7.19. The second kappa shape index (κ2) is 8.48. The quantitative estimate of drug-likeness (QED) is 0.683. The van der Waals surface area contributed by atoms with E-state index in [1.807, 2.05) is 0 Å². The lowest BCUT2D eigenvalue weighted by Crippen LogP contribution is -2.36. The number of hydrogen-bond acceptors (Lipinski definition) is 6. The molecule has 2 heterocycles. The van der Waals surface area contributed by atoms with Gasteiger partial charge in [0.05, 0.1) is 25.0 Å². The summed E-state index contributed by atoms with van der Waals surface area (Å²) in [5.74, 6) is -0.502. The molecule has 0 spiro atoms. The molecule has 0 saturated heterocycles. The molecule has 2 aromatic heterocycles. The molecule has 140 valence electrons. The first-order chi connectivity index (χ1) is 12.7. The number of rotatable bonds is 7. The van der Waals surface area contributed by atoms with E-state index in [1.54, 1.807) is 12.1 Å². The standard InChI is InChI=1S/C18H22N2O5S/c21-9-7-20(8-10-22)18(24)15-12-4-1-2-6-14(12)26-17(15)19-16(23)13-5-3-11-25-13/h3,5,11,21-22H,1-2,4,6-10H2,(H,19,23). The Morgan fingerprint density at radius 2 is 1.92 bits per heavy atom. The Bertz CT molecular complexity index is 763. The Kier molecular flexibility index (Phi) is 6.08. The number of amides is 2. The predicted molar refractivity (Wildman–Crippen MR) is 97.7 cm³/mol. The number of aliphatic hydroxyl groups excluding tert-OH is 2. The summed E-state index contributed by atoms with van der Waals surface area (Å²) in [6, 6.07) is 3.19. The lowest BCUT2D eigenvalue weighted by atomic mass is 9.95. The zero-order chi connectivity index (χ0) is 18.5. The summed E-state index contributed by atoms with van der Waals surface area (Å²) >= 11 is 1.42. The number of aliphatic hydroxyl groups is 2. The highest BCUT2D eigenvalue weighted by atomic mass is 32.1. The van der Waals surface area contributed by atoms with Crippen LogP contribution < -0.4 is 5.32 Å². The van der Waals surface area contributed by atoms with Gasteiger partial charge in [-0.1, -0.05) is 0 Å². The van der Waals surface area contributed by atoms with Crippen molar-refractivity contribution >= 4 is 28.2 Å². The molecule has 0 saturated carbocycles. The molecule has 1 aliphatic rings. The van der Waals surface area contributed by atoms with Crippen LogP contribution in [-0.4, -0.2) is 53.2 Å². The fourth-order valence-corrected chi connectivity index (χ4v) is 4.44. The van der Waals surface area contributed by atoms with Crippen molar-refractivity contribution in [2.24, 2.45) is 0 Å². The van der Waals surface area contributed by atoms with Gasteiger partial charge in [0, 0.05) is 18.0 Å². The third-order valence-corrected chi connectivity index (χ3v) is 5.59. The van der Waals surface area contributed by atoms with Gasteiger partial charge in [-0.3, -0.25) is 9.59 Å². The molecule has 0 atom stereocenters. The normalized spacial score (nSPS) is 13.3. The summed E-state index contributed by atoms with van der Waals surface area (Å²) in [4.78, 5) is 28.0.